The van der Waals surface area contributed by atoms with E-state index >= 15 is 0 Å². The van der Waals surface area contributed by atoms with Crippen LogP contribution in [0.1, 0.15) is 11.1 Å². The first kappa shape index (κ1) is 13.8. The lowest BCUT2D eigenvalue weighted by Crippen LogP contribution is -1.69. The molecule has 17 heavy (non-hydrogen) atoms. The molecule has 0 aliphatic rings. The molecule has 0 heterocycles. The van der Waals surface area contributed by atoms with Crippen LogP contribution in [0.25, 0.3) is 6.08 Å². The summed E-state index contributed by atoms with van der Waals surface area (Å²) >= 11 is 11.4. The van der Waals surface area contributed by atoms with E-state index in [1.165, 1.54) is 5.56 Å². The van der Waals surface area contributed by atoms with Crippen LogP contribution in [0.2, 0.25) is 10.0 Å². The first-order valence-corrected chi connectivity index (χ1v) is 5.98. The van der Waals surface area contributed by atoms with E-state index in [4.69, 9.17) is 23.2 Å². The fraction of sp³-hybridized carbons (Fsp3) is 0.0667. The van der Waals surface area contributed by atoms with Crippen LogP contribution in [0.4, 0.5) is 0 Å². The van der Waals surface area contributed by atoms with Gasteiger partial charge in [-0.05, 0) is 30.7 Å². The highest BCUT2D eigenvalue weighted by atomic mass is 35.5. The number of rotatable bonds is 1. The Morgan fingerprint density at radius 2 is 1.53 bits per heavy atom. The van der Waals surface area contributed by atoms with Gasteiger partial charge in [0.25, 0.3) is 0 Å². The summed E-state index contributed by atoms with van der Waals surface area (Å²) in [4.78, 5) is 0. The van der Waals surface area contributed by atoms with Crippen LogP contribution in [-0.2, 0) is 0 Å². The number of hydrogen-bond acceptors (Lipinski definition) is 0. The first-order valence-electron chi connectivity index (χ1n) is 5.22. The van der Waals surface area contributed by atoms with Gasteiger partial charge in [0, 0.05) is 10.0 Å². The molecule has 0 amide bonds. The van der Waals surface area contributed by atoms with Gasteiger partial charge in [0.05, 0.1) is 0 Å². The van der Waals surface area contributed by atoms with E-state index < -0.39 is 0 Å². The highest BCUT2D eigenvalue weighted by Gasteiger charge is 1.89. The van der Waals surface area contributed by atoms with Crippen molar-refractivity contribution < 1.29 is 0 Å². The lowest BCUT2D eigenvalue weighted by Gasteiger charge is -1.92. The second-order valence-electron chi connectivity index (χ2n) is 3.52. The second kappa shape index (κ2) is 7.16. The molecule has 0 bridgehead atoms. The van der Waals surface area contributed by atoms with E-state index in [0.29, 0.717) is 0 Å². The van der Waals surface area contributed by atoms with Crippen molar-refractivity contribution in [1.82, 2.24) is 0 Å². The van der Waals surface area contributed by atoms with Crippen molar-refractivity contribution in [1.29, 1.82) is 0 Å². The molecule has 0 radical (unpaired) electrons. The smallest absolute Gasteiger partial charge is 0.0478 e. The minimum atomic E-state index is 0.757. The molecule has 0 atom stereocenters. The summed E-state index contributed by atoms with van der Waals surface area (Å²) in [6.07, 6.45) is 1.74. The molecule has 0 nitrogen and oxygen atoms in total. The minimum Gasteiger partial charge on any atom is -0.0984 e. The van der Waals surface area contributed by atoms with E-state index in [2.05, 4.69) is 6.58 Å². The number of aryl methyl sites for hydroxylation is 1. The molecule has 0 N–H and O–H groups in total. The molecule has 2 rings (SSSR count). The highest BCUT2D eigenvalue weighted by molar-refractivity contribution is 6.32. The Bertz CT molecular complexity index is 452. The summed E-state index contributed by atoms with van der Waals surface area (Å²) in [5.74, 6) is 0. The molecule has 0 aliphatic heterocycles. The molecular weight excluding hydrogens is 251 g/mol. The molecule has 0 aliphatic carbocycles. The van der Waals surface area contributed by atoms with E-state index in [0.717, 1.165) is 15.6 Å². The Morgan fingerprint density at radius 1 is 0.941 bits per heavy atom. The largest absolute Gasteiger partial charge is 0.0984 e. The van der Waals surface area contributed by atoms with Gasteiger partial charge in [0.1, 0.15) is 0 Å². The van der Waals surface area contributed by atoms with Crippen LogP contribution in [0.15, 0.2) is 55.1 Å². The van der Waals surface area contributed by atoms with Crippen LogP contribution >= 0.6 is 23.2 Å². The fourth-order valence-electron chi connectivity index (χ4n) is 1.17. The van der Waals surface area contributed by atoms with Crippen LogP contribution in [0, 0.1) is 6.92 Å². The van der Waals surface area contributed by atoms with E-state index in [9.17, 15) is 0 Å². The van der Waals surface area contributed by atoms with E-state index in [-0.39, 0.29) is 0 Å². The summed E-state index contributed by atoms with van der Waals surface area (Å²) in [6, 6.07) is 15.4. The fourth-order valence-corrected chi connectivity index (χ4v) is 1.51. The Kier molecular flexibility index (Phi) is 5.82. The van der Waals surface area contributed by atoms with Crippen molar-refractivity contribution >= 4 is 29.3 Å². The maximum atomic E-state index is 5.75. The summed E-state index contributed by atoms with van der Waals surface area (Å²) in [6.45, 7) is 5.65. The lowest BCUT2D eigenvalue weighted by molar-refractivity contribution is 1.48. The average Bonchev–Trinajstić information content (AvgIpc) is 2.34. The molecule has 0 fully saturated rings. The number of benzene rings is 2. The molecule has 0 aromatic heterocycles. The van der Waals surface area contributed by atoms with Crippen LogP contribution < -0.4 is 0 Å². The number of halogens is 2. The molecule has 0 saturated carbocycles. The van der Waals surface area contributed by atoms with Gasteiger partial charge in [0.15, 0.2) is 0 Å². The van der Waals surface area contributed by atoms with Crippen molar-refractivity contribution in [3.8, 4) is 0 Å². The Labute approximate surface area is 113 Å². The van der Waals surface area contributed by atoms with Gasteiger partial charge < -0.3 is 0 Å². The zero-order chi connectivity index (χ0) is 12.7. The van der Waals surface area contributed by atoms with Gasteiger partial charge in [-0.2, -0.15) is 0 Å². The van der Waals surface area contributed by atoms with Gasteiger partial charge in [0.2, 0.25) is 0 Å². The van der Waals surface area contributed by atoms with Gasteiger partial charge >= 0.3 is 0 Å². The standard InChI is InChI=1S/C8H7Cl.C7H7Cl/c1-2-7-5-3-4-6-8(7)9;1-6-2-4-7(8)5-3-6/h2-6H,1H2;2-5H,1H3. The van der Waals surface area contributed by atoms with Gasteiger partial charge in [-0.1, -0.05) is 71.8 Å². The summed E-state index contributed by atoms with van der Waals surface area (Å²) in [5, 5.41) is 1.56. The van der Waals surface area contributed by atoms with Crippen molar-refractivity contribution in [3.05, 3.63) is 76.3 Å². The monoisotopic (exact) mass is 264 g/mol. The van der Waals surface area contributed by atoms with Gasteiger partial charge in [-0.3, -0.25) is 0 Å². The molecular formula is C15H14Cl2. The maximum Gasteiger partial charge on any atom is 0.0478 e. The molecule has 0 spiro atoms. The lowest BCUT2D eigenvalue weighted by atomic mass is 10.2. The number of hydrogen-bond donors (Lipinski definition) is 0. The molecule has 2 aromatic rings. The van der Waals surface area contributed by atoms with E-state index in [1.807, 2.05) is 55.5 Å². The molecule has 0 saturated heterocycles. The zero-order valence-corrected chi connectivity index (χ0v) is 11.2. The van der Waals surface area contributed by atoms with Crippen LogP contribution in [0.3, 0.4) is 0 Å². The predicted molar refractivity (Wildman–Crippen MR) is 77.7 cm³/mol. The van der Waals surface area contributed by atoms with Crippen molar-refractivity contribution in [2.24, 2.45) is 0 Å². The Morgan fingerprint density at radius 3 is 1.94 bits per heavy atom. The molecule has 88 valence electrons. The van der Waals surface area contributed by atoms with Crippen LogP contribution in [0.5, 0.6) is 0 Å². The SMILES string of the molecule is C=Cc1ccccc1Cl.Cc1ccc(Cl)cc1. The van der Waals surface area contributed by atoms with Crippen molar-refractivity contribution in [2.75, 3.05) is 0 Å². The zero-order valence-electron chi connectivity index (χ0n) is 9.66. The van der Waals surface area contributed by atoms with Crippen molar-refractivity contribution in [2.45, 2.75) is 6.92 Å². The van der Waals surface area contributed by atoms with Gasteiger partial charge in [-0.25, -0.2) is 0 Å². The minimum absolute atomic E-state index is 0.757. The molecule has 2 aromatic carbocycles. The quantitative estimate of drug-likeness (QED) is 0.626. The third-order valence-electron chi connectivity index (χ3n) is 2.14. The third kappa shape index (κ3) is 5.08. The maximum absolute atomic E-state index is 5.75. The Balaban J connectivity index is 0.000000171. The van der Waals surface area contributed by atoms with Crippen LogP contribution in [-0.4, -0.2) is 0 Å². The third-order valence-corrected chi connectivity index (χ3v) is 2.73. The van der Waals surface area contributed by atoms with E-state index in [1.54, 1.807) is 6.08 Å². The summed E-state index contributed by atoms with van der Waals surface area (Å²) < 4.78 is 0. The molecule has 2 heteroatoms. The second-order valence-corrected chi connectivity index (χ2v) is 4.36. The highest BCUT2D eigenvalue weighted by Crippen LogP contribution is 2.14. The average molecular weight is 265 g/mol. The molecule has 0 unspecified atom stereocenters. The topological polar surface area (TPSA) is 0 Å². The predicted octanol–water partition coefficient (Wildman–Crippen LogP) is 5.63. The first-order chi connectivity index (χ1) is 8.13. The summed E-state index contributed by atoms with van der Waals surface area (Å²) in [7, 11) is 0. The normalized spacial score (nSPS) is 9.12. The summed E-state index contributed by atoms with van der Waals surface area (Å²) in [5.41, 5.74) is 2.23. The van der Waals surface area contributed by atoms with Crippen molar-refractivity contribution in [3.63, 3.8) is 0 Å². The Hall–Kier alpha value is -1.24. The van der Waals surface area contributed by atoms with Gasteiger partial charge in [-0.15, -0.1) is 0 Å².